The van der Waals surface area contributed by atoms with E-state index in [-0.39, 0.29) is 12.5 Å². The maximum atomic E-state index is 12.7. The molecule has 3 heterocycles. The summed E-state index contributed by atoms with van der Waals surface area (Å²) in [7, 11) is 1.78. The number of anilines is 3. The molecule has 2 N–H and O–H groups in total. The standard InChI is InChI=1S/C19H18F3N7O/c1-11-16-17(28(2)10-15(30)25-16)26-18(24-11)23-9-12-3-5-13(6-4-12)29-8-7-14(27-29)19(20,21)22/h3-8H,9-10H2,1-2H3,(H,25,30)(H,23,24,26). The first-order chi connectivity index (χ1) is 14.2. The van der Waals surface area contributed by atoms with Gasteiger partial charge in [-0.25, -0.2) is 9.67 Å². The van der Waals surface area contributed by atoms with Gasteiger partial charge in [0.25, 0.3) is 0 Å². The zero-order valence-electron chi connectivity index (χ0n) is 16.2. The maximum Gasteiger partial charge on any atom is 0.435 e. The lowest BCUT2D eigenvalue weighted by atomic mass is 10.2. The van der Waals surface area contributed by atoms with Gasteiger partial charge in [0.2, 0.25) is 11.9 Å². The summed E-state index contributed by atoms with van der Waals surface area (Å²) in [6, 6.07) is 7.88. The van der Waals surface area contributed by atoms with Gasteiger partial charge in [0.1, 0.15) is 5.69 Å². The van der Waals surface area contributed by atoms with Crippen LogP contribution in [-0.4, -0.2) is 39.2 Å². The number of aryl methyl sites for hydroxylation is 1. The van der Waals surface area contributed by atoms with Crippen LogP contribution >= 0.6 is 0 Å². The van der Waals surface area contributed by atoms with Crippen LogP contribution in [0.1, 0.15) is 17.0 Å². The molecule has 1 aliphatic heterocycles. The smallest absolute Gasteiger partial charge is 0.350 e. The van der Waals surface area contributed by atoms with E-state index in [4.69, 9.17) is 0 Å². The van der Waals surface area contributed by atoms with Gasteiger partial charge in [0.05, 0.1) is 17.9 Å². The number of fused-ring (bicyclic) bond motifs is 1. The number of rotatable bonds is 4. The van der Waals surface area contributed by atoms with Crippen LogP contribution in [0.5, 0.6) is 0 Å². The second kappa shape index (κ2) is 7.32. The minimum Gasteiger partial charge on any atom is -0.350 e. The van der Waals surface area contributed by atoms with Crippen LogP contribution in [0, 0.1) is 6.92 Å². The summed E-state index contributed by atoms with van der Waals surface area (Å²) in [4.78, 5) is 22.3. The molecule has 0 aliphatic carbocycles. The minimum absolute atomic E-state index is 0.114. The molecule has 0 fully saturated rings. The van der Waals surface area contributed by atoms with E-state index in [1.807, 2.05) is 0 Å². The van der Waals surface area contributed by atoms with Gasteiger partial charge in [-0.2, -0.15) is 23.3 Å². The Hall–Kier alpha value is -3.63. The van der Waals surface area contributed by atoms with Crippen LogP contribution in [0.2, 0.25) is 0 Å². The maximum absolute atomic E-state index is 12.7. The number of carbonyl (C=O) groups excluding carboxylic acids is 1. The van der Waals surface area contributed by atoms with E-state index in [9.17, 15) is 18.0 Å². The number of nitrogens with one attached hydrogen (secondary N) is 2. The number of hydrogen-bond acceptors (Lipinski definition) is 6. The van der Waals surface area contributed by atoms with Crippen molar-refractivity contribution in [2.45, 2.75) is 19.6 Å². The van der Waals surface area contributed by atoms with E-state index in [2.05, 4.69) is 25.7 Å². The number of alkyl halides is 3. The number of hydrogen-bond donors (Lipinski definition) is 2. The molecule has 0 atom stereocenters. The second-order valence-electron chi connectivity index (χ2n) is 6.90. The molecule has 4 rings (SSSR count). The van der Waals surface area contributed by atoms with Crippen molar-refractivity contribution in [3.05, 3.63) is 53.5 Å². The Morgan fingerprint density at radius 3 is 2.57 bits per heavy atom. The molecule has 0 bridgehead atoms. The Morgan fingerprint density at radius 2 is 1.90 bits per heavy atom. The Kier molecular flexibility index (Phi) is 4.80. The minimum atomic E-state index is -4.47. The van der Waals surface area contributed by atoms with E-state index >= 15 is 0 Å². The highest BCUT2D eigenvalue weighted by atomic mass is 19.4. The molecule has 0 saturated heterocycles. The first-order valence-electron chi connectivity index (χ1n) is 9.06. The van der Waals surface area contributed by atoms with Gasteiger partial charge >= 0.3 is 6.18 Å². The van der Waals surface area contributed by atoms with Crippen molar-refractivity contribution in [1.29, 1.82) is 0 Å². The number of likely N-dealkylation sites (N-methyl/N-ethyl adjacent to an activating group) is 1. The summed E-state index contributed by atoms with van der Waals surface area (Å²) in [5.74, 6) is 0.941. The zero-order chi connectivity index (χ0) is 21.5. The fourth-order valence-corrected chi connectivity index (χ4v) is 3.10. The molecular weight excluding hydrogens is 399 g/mol. The normalized spacial score (nSPS) is 13.8. The monoisotopic (exact) mass is 417 g/mol. The Morgan fingerprint density at radius 1 is 1.17 bits per heavy atom. The van der Waals surface area contributed by atoms with Gasteiger partial charge in [0, 0.05) is 19.8 Å². The van der Waals surface area contributed by atoms with E-state index < -0.39 is 11.9 Å². The van der Waals surface area contributed by atoms with Crippen LogP contribution in [0.4, 0.5) is 30.6 Å². The third-order valence-electron chi connectivity index (χ3n) is 4.61. The predicted octanol–water partition coefficient (Wildman–Crippen LogP) is 2.99. The molecule has 0 spiro atoms. The fourth-order valence-electron chi connectivity index (χ4n) is 3.10. The molecule has 0 unspecified atom stereocenters. The lowest BCUT2D eigenvalue weighted by molar-refractivity contribution is -0.141. The largest absolute Gasteiger partial charge is 0.435 e. The van der Waals surface area contributed by atoms with E-state index in [1.165, 1.54) is 10.9 Å². The van der Waals surface area contributed by atoms with Gasteiger partial charge in [-0.05, 0) is 30.7 Å². The molecule has 8 nitrogen and oxygen atoms in total. The Labute approximate surface area is 169 Å². The number of aromatic nitrogens is 4. The first kappa shape index (κ1) is 19.7. The van der Waals surface area contributed by atoms with Gasteiger partial charge in [-0.3, -0.25) is 4.79 Å². The highest BCUT2D eigenvalue weighted by Crippen LogP contribution is 2.30. The summed E-state index contributed by atoms with van der Waals surface area (Å²) in [5, 5.41) is 9.47. The van der Waals surface area contributed by atoms with Crippen molar-refractivity contribution in [2.24, 2.45) is 0 Å². The predicted molar refractivity (Wildman–Crippen MR) is 105 cm³/mol. The van der Waals surface area contributed by atoms with E-state index in [0.717, 1.165) is 11.6 Å². The molecule has 156 valence electrons. The third kappa shape index (κ3) is 3.91. The molecular formula is C19H18F3N7O. The summed E-state index contributed by atoms with van der Waals surface area (Å²) >= 11 is 0. The van der Waals surface area contributed by atoms with Crippen LogP contribution < -0.4 is 15.5 Å². The zero-order valence-corrected chi connectivity index (χ0v) is 16.2. The lowest BCUT2D eigenvalue weighted by Gasteiger charge is -2.27. The number of carbonyl (C=O) groups is 1. The summed E-state index contributed by atoms with van der Waals surface area (Å²) in [5.41, 5.74) is 1.72. The van der Waals surface area contributed by atoms with Crippen LogP contribution in [0.25, 0.3) is 5.69 Å². The lowest BCUT2D eigenvalue weighted by Crippen LogP contribution is -2.36. The molecule has 30 heavy (non-hydrogen) atoms. The van der Waals surface area contributed by atoms with Crippen molar-refractivity contribution in [2.75, 3.05) is 29.1 Å². The molecule has 1 amide bonds. The van der Waals surface area contributed by atoms with E-state index in [1.54, 1.807) is 43.1 Å². The molecule has 0 saturated carbocycles. The summed E-state index contributed by atoms with van der Waals surface area (Å²) in [6.45, 7) is 2.43. The highest BCUT2D eigenvalue weighted by molar-refractivity contribution is 6.00. The quantitative estimate of drug-likeness (QED) is 0.679. The molecule has 3 aromatic rings. The molecule has 2 aromatic heterocycles. The second-order valence-corrected chi connectivity index (χ2v) is 6.90. The van der Waals surface area contributed by atoms with Crippen LogP contribution in [0.3, 0.4) is 0 Å². The highest BCUT2D eigenvalue weighted by Gasteiger charge is 2.33. The topological polar surface area (TPSA) is 88.0 Å². The van der Waals surface area contributed by atoms with Gasteiger partial charge < -0.3 is 15.5 Å². The number of amides is 1. The molecule has 0 radical (unpaired) electrons. The van der Waals surface area contributed by atoms with Crippen molar-refractivity contribution in [3.8, 4) is 5.69 Å². The number of benzene rings is 1. The van der Waals surface area contributed by atoms with E-state index in [0.29, 0.717) is 35.4 Å². The SMILES string of the molecule is Cc1nc(NCc2ccc(-n3ccc(C(F)(F)F)n3)cc2)nc2c1NC(=O)CN2C. The number of halogens is 3. The average molecular weight is 417 g/mol. The third-order valence-corrected chi connectivity index (χ3v) is 4.61. The van der Waals surface area contributed by atoms with Crippen molar-refractivity contribution < 1.29 is 18.0 Å². The Bertz CT molecular complexity index is 1090. The Balaban J connectivity index is 1.46. The van der Waals surface area contributed by atoms with Crippen molar-refractivity contribution in [3.63, 3.8) is 0 Å². The van der Waals surface area contributed by atoms with Crippen LogP contribution in [0.15, 0.2) is 36.5 Å². The van der Waals surface area contributed by atoms with Gasteiger partial charge in [-0.1, -0.05) is 12.1 Å². The average Bonchev–Trinajstić information content (AvgIpc) is 3.18. The van der Waals surface area contributed by atoms with Crippen molar-refractivity contribution in [1.82, 2.24) is 19.7 Å². The summed E-state index contributed by atoms with van der Waals surface area (Å²) in [6.07, 6.45) is -3.20. The van der Waals surface area contributed by atoms with Gasteiger partial charge in [0.15, 0.2) is 11.5 Å². The number of nitrogens with zero attached hydrogens (tertiary/aromatic N) is 5. The van der Waals surface area contributed by atoms with Crippen molar-refractivity contribution >= 4 is 23.4 Å². The molecule has 1 aromatic carbocycles. The fraction of sp³-hybridized carbons (Fsp3) is 0.263. The molecule has 1 aliphatic rings. The van der Waals surface area contributed by atoms with Crippen LogP contribution in [-0.2, 0) is 17.5 Å². The van der Waals surface area contributed by atoms with Gasteiger partial charge in [-0.15, -0.1) is 0 Å². The summed E-state index contributed by atoms with van der Waals surface area (Å²) < 4.78 is 39.3. The first-order valence-corrected chi connectivity index (χ1v) is 9.06. The molecule has 11 heteroatoms.